The summed E-state index contributed by atoms with van der Waals surface area (Å²) in [6.07, 6.45) is 0.997. The van der Waals surface area contributed by atoms with E-state index in [1.807, 2.05) is 0 Å². The molecule has 0 aliphatic rings. The van der Waals surface area contributed by atoms with Crippen molar-refractivity contribution in [1.29, 1.82) is 0 Å². The number of nitrogens with zero attached hydrogens (tertiary/aromatic N) is 2. The lowest BCUT2D eigenvalue weighted by molar-refractivity contribution is 0.442. The molecule has 2 aromatic rings. The summed E-state index contributed by atoms with van der Waals surface area (Å²) in [5.74, 6) is 0.0889. The first-order valence-electron chi connectivity index (χ1n) is 4.27. The number of rotatable bonds is 2. The third-order valence-corrected chi connectivity index (χ3v) is 2.96. The molecule has 0 N–H and O–H groups in total. The van der Waals surface area contributed by atoms with Crippen molar-refractivity contribution in [3.8, 4) is 11.5 Å². The Kier molecular flexibility index (Phi) is 2.69. The van der Waals surface area contributed by atoms with Gasteiger partial charge in [0.05, 0.1) is 10.6 Å². The van der Waals surface area contributed by atoms with Crippen LogP contribution in [0.1, 0.15) is 0 Å². The molecule has 0 saturated carbocycles. The first-order valence-corrected chi connectivity index (χ1v) is 6.54. The zero-order chi connectivity index (χ0) is 11.8. The van der Waals surface area contributed by atoms with Crippen LogP contribution < -0.4 is 0 Å². The van der Waals surface area contributed by atoms with E-state index in [-0.39, 0.29) is 5.89 Å². The topological polar surface area (TPSA) is 73.1 Å². The van der Waals surface area contributed by atoms with Gasteiger partial charge in [0.25, 0.3) is 0 Å². The van der Waals surface area contributed by atoms with Crippen LogP contribution in [-0.4, -0.2) is 24.9 Å². The molecule has 0 atom stereocenters. The molecule has 0 amide bonds. The van der Waals surface area contributed by atoms with Crippen molar-refractivity contribution in [2.75, 3.05) is 6.26 Å². The molecule has 16 heavy (non-hydrogen) atoms. The van der Waals surface area contributed by atoms with E-state index in [0.29, 0.717) is 10.6 Å². The third kappa shape index (κ3) is 2.07. The molecule has 1 aromatic heterocycles. The number of benzene rings is 1. The summed E-state index contributed by atoms with van der Waals surface area (Å²) in [6, 6.07) is 6.81. The number of hydrogen-bond donors (Lipinski definition) is 0. The number of aromatic nitrogens is 2. The van der Waals surface area contributed by atoms with Gasteiger partial charge in [-0.3, -0.25) is 0 Å². The predicted molar refractivity (Wildman–Crippen MR) is 57.9 cm³/mol. The van der Waals surface area contributed by atoms with Crippen LogP contribution in [0.15, 0.2) is 33.9 Å². The summed E-state index contributed by atoms with van der Waals surface area (Å²) in [6.45, 7) is 0. The van der Waals surface area contributed by atoms with Gasteiger partial charge in [0.15, 0.2) is 0 Å². The summed E-state index contributed by atoms with van der Waals surface area (Å²) in [5.41, 5.74) is 0.506. The SMILES string of the molecule is CS(=O)(=O)c1nnc(-c2ccccc2Cl)o1. The summed E-state index contributed by atoms with van der Waals surface area (Å²) in [7, 11) is -3.49. The van der Waals surface area contributed by atoms with Crippen molar-refractivity contribution in [2.24, 2.45) is 0 Å². The quantitative estimate of drug-likeness (QED) is 0.821. The minimum atomic E-state index is -3.49. The molecule has 1 heterocycles. The average Bonchev–Trinajstić information content (AvgIpc) is 2.66. The minimum Gasteiger partial charge on any atom is -0.408 e. The van der Waals surface area contributed by atoms with Crippen molar-refractivity contribution in [2.45, 2.75) is 5.22 Å². The van der Waals surface area contributed by atoms with E-state index in [4.69, 9.17) is 16.0 Å². The highest BCUT2D eigenvalue weighted by atomic mass is 35.5. The standard InChI is InChI=1S/C9H7ClN2O3S/c1-16(13,14)9-12-11-8(15-9)6-4-2-3-5-7(6)10/h2-5H,1H3. The van der Waals surface area contributed by atoms with Crippen LogP contribution in [0.3, 0.4) is 0 Å². The van der Waals surface area contributed by atoms with Gasteiger partial charge < -0.3 is 4.42 Å². The van der Waals surface area contributed by atoms with Gasteiger partial charge in [-0.1, -0.05) is 28.8 Å². The van der Waals surface area contributed by atoms with E-state index in [2.05, 4.69) is 10.2 Å². The Morgan fingerprint density at radius 1 is 1.25 bits per heavy atom. The van der Waals surface area contributed by atoms with Crippen LogP contribution in [0.25, 0.3) is 11.5 Å². The van der Waals surface area contributed by atoms with Gasteiger partial charge in [0.1, 0.15) is 0 Å². The molecule has 0 bridgehead atoms. The summed E-state index contributed by atoms with van der Waals surface area (Å²) < 4.78 is 27.3. The van der Waals surface area contributed by atoms with Crippen molar-refractivity contribution in [1.82, 2.24) is 10.2 Å². The molecule has 7 heteroatoms. The lowest BCUT2D eigenvalue weighted by Gasteiger charge is -1.96. The van der Waals surface area contributed by atoms with Gasteiger partial charge in [-0.15, -0.1) is 5.10 Å². The van der Waals surface area contributed by atoms with E-state index in [1.54, 1.807) is 24.3 Å². The van der Waals surface area contributed by atoms with Gasteiger partial charge in [0, 0.05) is 6.26 Å². The lowest BCUT2D eigenvalue weighted by atomic mass is 10.2. The fraction of sp³-hybridized carbons (Fsp3) is 0.111. The lowest BCUT2D eigenvalue weighted by Crippen LogP contribution is -1.96. The molecule has 0 aliphatic carbocycles. The van der Waals surface area contributed by atoms with Crippen LogP contribution >= 0.6 is 11.6 Å². The Morgan fingerprint density at radius 3 is 2.50 bits per heavy atom. The molecular formula is C9H7ClN2O3S. The second-order valence-corrected chi connectivity index (χ2v) is 5.43. The molecule has 84 valence electrons. The molecule has 0 fully saturated rings. The van der Waals surface area contributed by atoms with Crippen LogP contribution in [0.5, 0.6) is 0 Å². The fourth-order valence-corrected chi connectivity index (χ4v) is 1.74. The Bertz CT molecular complexity index is 621. The van der Waals surface area contributed by atoms with E-state index in [0.717, 1.165) is 6.26 Å². The summed E-state index contributed by atoms with van der Waals surface area (Å²) in [4.78, 5) is 0. The molecule has 0 unspecified atom stereocenters. The smallest absolute Gasteiger partial charge is 0.335 e. The molecular weight excluding hydrogens is 252 g/mol. The normalized spacial score (nSPS) is 11.6. The number of hydrogen-bond acceptors (Lipinski definition) is 5. The van der Waals surface area contributed by atoms with E-state index >= 15 is 0 Å². The average molecular weight is 259 g/mol. The van der Waals surface area contributed by atoms with Crippen LogP contribution in [-0.2, 0) is 9.84 Å². The van der Waals surface area contributed by atoms with Gasteiger partial charge in [-0.2, -0.15) is 0 Å². The Morgan fingerprint density at radius 2 is 1.94 bits per heavy atom. The van der Waals surface area contributed by atoms with Gasteiger partial charge in [-0.05, 0) is 12.1 Å². The largest absolute Gasteiger partial charge is 0.408 e. The van der Waals surface area contributed by atoms with Crippen molar-refractivity contribution < 1.29 is 12.8 Å². The zero-order valence-electron chi connectivity index (χ0n) is 8.21. The molecule has 1 aromatic carbocycles. The Balaban J connectivity index is 2.52. The highest BCUT2D eigenvalue weighted by molar-refractivity contribution is 7.90. The van der Waals surface area contributed by atoms with Crippen LogP contribution in [0.4, 0.5) is 0 Å². The van der Waals surface area contributed by atoms with E-state index in [1.165, 1.54) is 0 Å². The van der Waals surface area contributed by atoms with Crippen molar-refractivity contribution >= 4 is 21.4 Å². The fourth-order valence-electron chi connectivity index (χ4n) is 1.10. The monoisotopic (exact) mass is 258 g/mol. The highest BCUT2D eigenvalue weighted by Crippen LogP contribution is 2.26. The van der Waals surface area contributed by atoms with Gasteiger partial charge in [0.2, 0.25) is 15.7 Å². The van der Waals surface area contributed by atoms with Crippen molar-refractivity contribution in [3.63, 3.8) is 0 Å². The maximum atomic E-state index is 11.1. The van der Waals surface area contributed by atoms with E-state index < -0.39 is 15.1 Å². The predicted octanol–water partition coefficient (Wildman–Crippen LogP) is 1.79. The summed E-state index contributed by atoms with van der Waals surface area (Å²) in [5, 5.41) is 7.08. The van der Waals surface area contributed by atoms with Crippen LogP contribution in [0.2, 0.25) is 5.02 Å². The molecule has 5 nitrogen and oxygen atoms in total. The van der Waals surface area contributed by atoms with E-state index in [9.17, 15) is 8.42 Å². The highest BCUT2D eigenvalue weighted by Gasteiger charge is 2.18. The molecule has 0 saturated heterocycles. The Labute approximate surface area is 97.0 Å². The molecule has 0 radical (unpaired) electrons. The second-order valence-electron chi connectivity index (χ2n) is 3.13. The maximum Gasteiger partial charge on any atom is 0.335 e. The molecule has 0 spiro atoms. The maximum absolute atomic E-state index is 11.1. The Hall–Kier alpha value is -1.40. The molecule has 0 aliphatic heterocycles. The minimum absolute atomic E-state index is 0.0889. The first kappa shape index (κ1) is 11.1. The van der Waals surface area contributed by atoms with Gasteiger partial charge in [-0.25, -0.2) is 8.42 Å². The third-order valence-electron chi connectivity index (χ3n) is 1.83. The zero-order valence-corrected chi connectivity index (χ0v) is 9.79. The first-order chi connectivity index (χ1) is 7.48. The van der Waals surface area contributed by atoms with Gasteiger partial charge >= 0.3 is 5.22 Å². The number of halogens is 1. The number of sulfone groups is 1. The summed E-state index contributed by atoms with van der Waals surface area (Å²) >= 11 is 5.91. The van der Waals surface area contributed by atoms with Crippen molar-refractivity contribution in [3.05, 3.63) is 29.3 Å². The second kappa shape index (κ2) is 3.88. The molecule has 2 rings (SSSR count). The van der Waals surface area contributed by atoms with Crippen LogP contribution in [0, 0.1) is 0 Å².